The van der Waals surface area contributed by atoms with Crippen molar-refractivity contribution in [2.45, 2.75) is 289 Å². The van der Waals surface area contributed by atoms with E-state index in [2.05, 4.69) is 50.4 Å². The maximum absolute atomic E-state index is 15.6. The monoisotopic (exact) mass is 1240 g/mol. The number of esters is 1. The van der Waals surface area contributed by atoms with Crippen molar-refractivity contribution in [1.82, 2.24) is 5.32 Å². The fourth-order valence-corrected chi connectivity index (χ4v) is 17.0. The Morgan fingerprint density at radius 2 is 1.27 bits per heavy atom. The number of rotatable bonds is 12. The van der Waals surface area contributed by atoms with E-state index < -0.39 is 169 Å². The quantitative estimate of drug-likeness (QED) is 0.0615. The number of fused-ring (bicyclic) bond motifs is 4. The first kappa shape index (κ1) is 67.4. The van der Waals surface area contributed by atoms with E-state index in [1.807, 2.05) is 53.7 Å². The van der Waals surface area contributed by atoms with Gasteiger partial charge in [0.2, 0.25) is 11.7 Å². The number of ether oxygens (including phenoxy) is 11. The first-order valence-corrected chi connectivity index (χ1v) is 32.7. The predicted octanol–water partition coefficient (Wildman–Crippen LogP) is 6.60. The fourth-order valence-electron chi connectivity index (χ4n) is 17.0. The van der Waals surface area contributed by atoms with E-state index in [9.17, 15) is 40.2 Å². The minimum absolute atomic E-state index is 0.0322. The highest BCUT2D eigenvalue weighted by Crippen LogP contribution is 2.61. The molecule has 4 aliphatic carbocycles. The van der Waals surface area contributed by atoms with Crippen LogP contribution in [0, 0.1) is 52.8 Å². The summed E-state index contributed by atoms with van der Waals surface area (Å²) >= 11 is 0. The molecule has 0 aromatic carbocycles. The molecule has 1 spiro atoms. The van der Waals surface area contributed by atoms with Crippen LogP contribution >= 0.6 is 0 Å². The number of amides is 1. The molecule has 21 nitrogen and oxygen atoms in total. The molecule has 0 aromatic rings. The lowest BCUT2D eigenvalue weighted by Crippen LogP contribution is -2.62. The van der Waals surface area contributed by atoms with Crippen LogP contribution < -0.4 is 5.32 Å². The van der Waals surface area contributed by atoms with Gasteiger partial charge < -0.3 is 88.1 Å². The molecule has 7 fully saturated rings. The molecule has 6 saturated heterocycles. The maximum Gasteiger partial charge on any atom is 0.346 e. The first-order chi connectivity index (χ1) is 41.4. The SMILES string of the molecule is CCC1C=CC2C=C(C)C(OC3CC(C)(O)C(NC(C)=O)C(C)O3)C(C)C=C(C)C3C=CC4C(OC5CC(O)C(OC6CC(OC7CCC(O)C(C)O7)C(OC7CC(O)C(O)C(C)O7)C(C)O6)C(C)O5)C(C)CC(C)C4C3(C)C(O)=C3C(=O)OC2(C1)C3=O. The van der Waals surface area contributed by atoms with Crippen molar-refractivity contribution in [2.75, 3.05) is 0 Å². The molecule has 0 radical (unpaired) electrons. The van der Waals surface area contributed by atoms with Gasteiger partial charge in [-0.1, -0.05) is 76.6 Å². The van der Waals surface area contributed by atoms with E-state index >= 15 is 4.79 Å². The Labute approximate surface area is 518 Å². The molecule has 31 unspecified atom stereocenters. The minimum Gasteiger partial charge on any atom is -0.511 e. The summed E-state index contributed by atoms with van der Waals surface area (Å²) in [4.78, 5) is 42.6. The van der Waals surface area contributed by atoms with Crippen LogP contribution in [0.25, 0.3) is 0 Å². The summed E-state index contributed by atoms with van der Waals surface area (Å²) in [6, 6.07) is -0.684. The highest BCUT2D eigenvalue weighted by molar-refractivity contribution is 6.26. The second kappa shape index (κ2) is 26.5. The molecule has 1 saturated carbocycles. The van der Waals surface area contributed by atoms with Crippen LogP contribution in [0.15, 0.2) is 58.9 Å². The number of ketones is 1. The van der Waals surface area contributed by atoms with Crippen LogP contribution in [-0.4, -0.2) is 182 Å². The predicted molar refractivity (Wildman–Crippen MR) is 318 cm³/mol. The Hall–Kier alpha value is -3.49. The number of aliphatic hydroxyl groups is 6. The summed E-state index contributed by atoms with van der Waals surface area (Å²) in [5.74, 6) is -4.60. The van der Waals surface area contributed by atoms with Crippen LogP contribution in [0.2, 0.25) is 0 Å². The average molecular weight is 1240 g/mol. The summed E-state index contributed by atoms with van der Waals surface area (Å²) in [6.07, 6.45) is 0.521. The van der Waals surface area contributed by atoms with Crippen molar-refractivity contribution in [3.8, 4) is 0 Å². The third-order valence-electron chi connectivity index (χ3n) is 21.6. The second-order valence-corrected chi connectivity index (χ2v) is 28.3. The molecule has 10 aliphatic rings. The van der Waals surface area contributed by atoms with Gasteiger partial charge in [-0.3, -0.25) is 9.59 Å². The lowest BCUT2D eigenvalue weighted by atomic mass is 9.49. The van der Waals surface area contributed by atoms with Crippen molar-refractivity contribution < 1.29 is 97.1 Å². The van der Waals surface area contributed by atoms with Gasteiger partial charge in [-0.05, 0) is 104 Å². The van der Waals surface area contributed by atoms with Crippen LogP contribution in [0.5, 0.6) is 0 Å². The van der Waals surface area contributed by atoms with Crippen molar-refractivity contribution in [1.29, 1.82) is 0 Å². The number of hydrogen-bond donors (Lipinski definition) is 7. The van der Waals surface area contributed by atoms with Gasteiger partial charge in [-0.25, -0.2) is 4.79 Å². The number of allylic oxidation sites excluding steroid dienone is 4. The van der Waals surface area contributed by atoms with Crippen molar-refractivity contribution in [3.63, 3.8) is 0 Å². The number of hydrogen-bond acceptors (Lipinski definition) is 20. The van der Waals surface area contributed by atoms with E-state index in [-0.39, 0.29) is 78.9 Å². The Kier molecular flexibility index (Phi) is 20.3. The summed E-state index contributed by atoms with van der Waals surface area (Å²) in [6.45, 7) is 26.2. The van der Waals surface area contributed by atoms with Crippen molar-refractivity contribution >= 4 is 17.7 Å². The van der Waals surface area contributed by atoms with Crippen LogP contribution in [0.1, 0.15) is 155 Å². The van der Waals surface area contributed by atoms with Gasteiger partial charge in [-0.15, -0.1) is 0 Å². The molecule has 88 heavy (non-hydrogen) atoms. The topological polar surface area (TPSA) is 286 Å². The summed E-state index contributed by atoms with van der Waals surface area (Å²) in [7, 11) is 0. The molecule has 494 valence electrons. The lowest BCUT2D eigenvalue weighted by molar-refractivity contribution is -0.352. The van der Waals surface area contributed by atoms with Gasteiger partial charge in [0, 0.05) is 74.5 Å². The smallest absolute Gasteiger partial charge is 0.346 e. The van der Waals surface area contributed by atoms with Gasteiger partial charge in [0.15, 0.2) is 37.1 Å². The Balaban J connectivity index is 0.913. The third kappa shape index (κ3) is 13.1. The van der Waals surface area contributed by atoms with E-state index in [4.69, 9.17) is 52.1 Å². The first-order valence-electron chi connectivity index (χ1n) is 32.7. The molecule has 31 atom stereocenters. The Morgan fingerprint density at radius 3 is 1.92 bits per heavy atom. The van der Waals surface area contributed by atoms with Crippen LogP contribution in [0.4, 0.5) is 0 Å². The van der Waals surface area contributed by atoms with Crippen molar-refractivity contribution in [2.24, 2.45) is 52.8 Å². The lowest BCUT2D eigenvalue weighted by Gasteiger charge is -2.57. The van der Waals surface area contributed by atoms with E-state index in [0.717, 1.165) is 11.1 Å². The van der Waals surface area contributed by atoms with Crippen molar-refractivity contribution in [3.05, 3.63) is 58.9 Å². The summed E-state index contributed by atoms with van der Waals surface area (Å²) in [5, 5.41) is 71.4. The molecular weight excluding hydrogens is 1140 g/mol. The summed E-state index contributed by atoms with van der Waals surface area (Å²) < 4.78 is 71.8. The van der Waals surface area contributed by atoms with Gasteiger partial charge in [0.25, 0.3) is 0 Å². The zero-order valence-corrected chi connectivity index (χ0v) is 53.9. The number of aliphatic hydroxyl groups excluding tert-OH is 5. The third-order valence-corrected chi connectivity index (χ3v) is 21.6. The summed E-state index contributed by atoms with van der Waals surface area (Å²) in [5.41, 5.74) is -3.02. The molecule has 6 heterocycles. The number of nitrogens with one attached hydrogen (secondary N) is 1. The molecular formula is C67H101NO20. The minimum atomic E-state index is -1.65. The highest BCUT2D eigenvalue weighted by atomic mass is 16.8. The average Bonchev–Trinajstić information content (AvgIpc) is 1.99. The molecule has 2 bridgehead atoms. The molecule has 7 N–H and O–H groups in total. The number of carbonyl (C=O) groups is 3. The zero-order valence-electron chi connectivity index (χ0n) is 53.9. The second-order valence-electron chi connectivity index (χ2n) is 28.3. The highest BCUT2D eigenvalue weighted by Gasteiger charge is 2.64. The van der Waals surface area contributed by atoms with Gasteiger partial charge in [0.1, 0.15) is 29.6 Å². The van der Waals surface area contributed by atoms with Crippen LogP contribution in [-0.2, 0) is 66.5 Å². The molecule has 0 aromatic heterocycles. The van der Waals surface area contributed by atoms with Gasteiger partial charge >= 0.3 is 5.97 Å². The Bertz CT molecular complexity index is 2670. The van der Waals surface area contributed by atoms with E-state index in [0.29, 0.717) is 25.7 Å². The molecule has 10 rings (SSSR count). The maximum atomic E-state index is 15.6. The standard InChI is InChI=1S/C67H101NO20/c1-15-41-16-17-42-24-34(6)57(87-53-29-65(13,77)61(39(11)82-53)68-40(12)69)32(4)22-30(2)44-19-18-43-55(66(44,14)62(74)54-63(75)67(42,28-41)88-64(54)76)31(3)23-33(5)58(43)84-51-26-47(72)59(37(9)80-51)85-52-27-48(83-49-21-20-45(70)35(7)78-49)60(38(10)81-52)86-50-25-46(71)56(73)36(8)79-50/h16-19,22,24,31-33,35-39,41-53,55-61,70-74,77H,15,20-21,23,25-29H2,1-14H3,(H,68,69). The zero-order chi connectivity index (χ0) is 63.8. The number of carbonyl (C=O) groups excluding carboxylic acids is 3. The molecule has 6 aliphatic heterocycles. The normalized spacial score (nSPS) is 50.0. The molecule has 1 amide bonds. The van der Waals surface area contributed by atoms with Gasteiger partial charge in [-0.2, -0.15) is 0 Å². The largest absolute Gasteiger partial charge is 0.511 e. The molecule has 21 heteroatoms. The fraction of sp³-hybridized carbons (Fsp3) is 0.806. The van der Waals surface area contributed by atoms with E-state index in [1.54, 1.807) is 27.7 Å². The van der Waals surface area contributed by atoms with Gasteiger partial charge in [0.05, 0.1) is 78.8 Å². The number of Topliss-reactive ketones (excluding diaryl/α,β-unsaturated/α-hetero) is 1. The van der Waals surface area contributed by atoms with E-state index in [1.165, 1.54) is 6.92 Å². The Morgan fingerprint density at radius 1 is 0.648 bits per heavy atom. The van der Waals surface area contributed by atoms with Crippen LogP contribution in [0.3, 0.4) is 0 Å².